The number of rotatable bonds is 4. The van der Waals surface area contributed by atoms with Gasteiger partial charge in [-0.3, -0.25) is 4.68 Å². The van der Waals surface area contributed by atoms with Crippen LogP contribution in [-0.4, -0.2) is 28.9 Å². The van der Waals surface area contributed by atoms with Gasteiger partial charge in [0.1, 0.15) is 0 Å². The molecule has 1 saturated heterocycles. The Morgan fingerprint density at radius 2 is 2.33 bits per heavy atom. The van der Waals surface area contributed by atoms with E-state index in [1.807, 2.05) is 11.7 Å². The summed E-state index contributed by atoms with van der Waals surface area (Å²) >= 11 is 9.88. The van der Waals surface area contributed by atoms with E-state index in [1.165, 1.54) is 5.69 Å². The third-order valence-electron chi connectivity index (χ3n) is 3.73. The highest BCUT2D eigenvalue weighted by Gasteiger charge is 2.34. The van der Waals surface area contributed by atoms with Crippen LogP contribution in [0.4, 0.5) is 0 Å². The van der Waals surface area contributed by atoms with E-state index in [-0.39, 0.29) is 5.41 Å². The van der Waals surface area contributed by atoms with E-state index in [0.29, 0.717) is 5.88 Å². The second kappa shape index (κ2) is 5.93. The molecular formula is C13H20BrClN2O. The summed E-state index contributed by atoms with van der Waals surface area (Å²) in [6.45, 7) is 3.75. The zero-order chi connectivity index (χ0) is 13.2. The van der Waals surface area contributed by atoms with Gasteiger partial charge in [0, 0.05) is 24.9 Å². The molecule has 1 unspecified atom stereocenters. The van der Waals surface area contributed by atoms with Crippen molar-refractivity contribution in [3.05, 3.63) is 15.9 Å². The maximum absolute atomic E-state index is 6.21. The minimum absolute atomic E-state index is 0.0706. The quantitative estimate of drug-likeness (QED) is 0.789. The van der Waals surface area contributed by atoms with Crippen LogP contribution in [0.15, 0.2) is 4.47 Å². The number of nitrogens with zero attached hydrogens (tertiary/aromatic N) is 2. The number of hydrogen-bond donors (Lipinski definition) is 0. The molecule has 1 aliphatic rings. The lowest BCUT2D eigenvalue weighted by atomic mass is 9.80. The molecule has 1 atom stereocenters. The Hall–Kier alpha value is -0.0600. The largest absolute Gasteiger partial charge is 0.381 e. The summed E-state index contributed by atoms with van der Waals surface area (Å²) in [5.74, 6) is 0.645. The first kappa shape index (κ1) is 14.4. The highest BCUT2D eigenvalue weighted by Crippen LogP contribution is 2.36. The molecule has 1 aromatic rings. The van der Waals surface area contributed by atoms with Crippen molar-refractivity contribution in [2.45, 2.75) is 32.6 Å². The molecule has 1 aromatic heterocycles. The molecule has 0 spiro atoms. The normalized spacial score (nSPS) is 24.4. The summed E-state index contributed by atoms with van der Waals surface area (Å²) in [5.41, 5.74) is 2.42. The molecular weight excluding hydrogens is 316 g/mol. The summed E-state index contributed by atoms with van der Waals surface area (Å²) in [6.07, 6.45) is 4.11. The van der Waals surface area contributed by atoms with E-state index in [2.05, 4.69) is 28.0 Å². The lowest BCUT2D eigenvalue weighted by molar-refractivity contribution is 0.00382. The molecule has 0 N–H and O–H groups in total. The lowest BCUT2D eigenvalue weighted by Gasteiger charge is -2.35. The standard InChI is InChI=1S/C13H20BrClN2O/c1-3-10-12(14)11(17(2)16-10)7-13(8-15)5-4-6-18-9-13/h3-9H2,1-2H3. The van der Waals surface area contributed by atoms with Crippen LogP contribution in [0.25, 0.3) is 0 Å². The molecule has 102 valence electrons. The van der Waals surface area contributed by atoms with Crippen molar-refractivity contribution in [3.8, 4) is 0 Å². The maximum Gasteiger partial charge on any atom is 0.0766 e. The maximum atomic E-state index is 6.21. The van der Waals surface area contributed by atoms with Crippen LogP contribution in [0.2, 0.25) is 0 Å². The minimum Gasteiger partial charge on any atom is -0.381 e. The number of aryl methyl sites for hydroxylation is 2. The zero-order valence-corrected chi connectivity index (χ0v) is 13.4. The molecule has 3 nitrogen and oxygen atoms in total. The van der Waals surface area contributed by atoms with Crippen LogP contribution < -0.4 is 0 Å². The topological polar surface area (TPSA) is 27.1 Å². The molecule has 0 aromatic carbocycles. The Bertz CT molecular complexity index is 413. The molecule has 0 amide bonds. The van der Waals surface area contributed by atoms with Gasteiger partial charge in [-0.1, -0.05) is 6.92 Å². The summed E-state index contributed by atoms with van der Waals surface area (Å²) in [4.78, 5) is 0. The van der Waals surface area contributed by atoms with Gasteiger partial charge in [0.2, 0.25) is 0 Å². The summed E-state index contributed by atoms with van der Waals surface area (Å²) in [5, 5.41) is 4.55. The van der Waals surface area contributed by atoms with E-state index in [9.17, 15) is 0 Å². The van der Waals surface area contributed by atoms with Crippen LogP contribution >= 0.6 is 27.5 Å². The molecule has 0 aliphatic carbocycles. The van der Waals surface area contributed by atoms with Crippen molar-refractivity contribution in [1.29, 1.82) is 0 Å². The SMILES string of the molecule is CCc1nn(C)c(CC2(CCl)CCCOC2)c1Br. The smallest absolute Gasteiger partial charge is 0.0766 e. The van der Waals surface area contributed by atoms with Crippen molar-refractivity contribution < 1.29 is 4.74 Å². The number of ether oxygens (including phenoxy) is 1. The number of hydrogen-bond acceptors (Lipinski definition) is 2. The van der Waals surface area contributed by atoms with Crippen molar-refractivity contribution in [1.82, 2.24) is 9.78 Å². The van der Waals surface area contributed by atoms with Crippen LogP contribution in [0.3, 0.4) is 0 Å². The molecule has 0 bridgehead atoms. The van der Waals surface area contributed by atoms with E-state index >= 15 is 0 Å². The Kier molecular flexibility index (Phi) is 4.73. The van der Waals surface area contributed by atoms with Crippen molar-refractivity contribution >= 4 is 27.5 Å². The number of aromatic nitrogens is 2. The minimum atomic E-state index is 0.0706. The molecule has 18 heavy (non-hydrogen) atoms. The fraction of sp³-hybridized carbons (Fsp3) is 0.769. The molecule has 0 radical (unpaired) electrons. The Morgan fingerprint density at radius 3 is 2.83 bits per heavy atom. The monoisotopic (exact) mass is 334 g/mol. The Labute approximate surface area is 122 Å². The summed E-state index contributed by atoms with van der Waals surface area (Å²) in [6, 6.07) is 0. The summed E-state index contributed by atoms with van der Waals surface area (Å²) < 4.78 is 8.75. The predicted octanol–water partition coefficient (Wildman–Crippen LogP) is 3.32. The number of alkyl halides is 1. The molecule has 2 heterocycles. The van der Waals surface area contributed by atoms with Gasteiger partial charge in [0.25, 0.3) is 0 Å². The van der Waals surface area contributed by atoms with Gasteiger partial charge in [-0.25, -0.2) is 0 Å². The first-order valence-electron chi connectivity index (χ1n) is 6.46. The lowest BCUT2D eigenvalue weighted by Crippen LogP contribution is -2.36. The van der Waals surface area contributed by atoms with Gasteiger partial charge in [-0.15, -0.1) is 11.6 Å². The van der Waals surface area contributed by atoms with Crippen molar-refractivity contribution in [2.75, 3.05) is 19.1 Å². The molecule has 1 fully saturated rings. The van der Waals surface area contributed by atoms with Crippen LogP contribution in [0.1, 0.15) is 31.2 Å². The van der Waals surface area contributed by atoms with Crippen molar-refractivity contribution in [2.24, 2.45) is 12.5 Å². The van der Waals surface area contributed by atoms with E-state index in [4.69, 9.17) is 16.3 Å². The van der Waals surface area contributed by atoms with Gasteiger partial charge in [0.05, 0.1) is 22.5 Å². The second-order valence-electron chi connectivity index (χ2n) is 5.15. The average molecular weight is 336 g/mol. The highest BCUT2D eigenvalue weighted by molar-refractivity contribution is 9.10. The Morgan fingerprint density at radius 1 is 1.56 bits per heavy atom. The van der Waals surface area contributed by atoms with Crippen LogP contribution in [-0.2, 0) is 24.6 Å². The van der Waals surface area contributed by atoms with E-state index in [1.54, 1.807) is 0 Å². The van der Waals surface area contributed by atoms with Gasteiger partial charge in [0.15, 0.2) is 0 Å². The third kappa shape index (κ3) is 2.75. The van der Waals surface area contributed by atoms with Gasteiger partial charge >= 0.3 is 0 Å². The van der Waals surface area contributed by atoms with E-state index < -0.39 is 0 Å². The third-order valence-corrected chi connectivity index (χ3v) is 5.22. The highest BCUT2D eigenvalue weighted by atomic mass is 79.9. The number of halogens is 2. The van der Waals surface area contributed by atoms with Crippen LogP contribution in [0.5, 0.6) is 0 Å². The van der Waals surface area contributed by atoms with Gasteiger partial charge in [-0.05, 0) is 41.6 Å². The molecule has 5 heteroatoms. The fourth-order valence-corrected chi connectivity index (χ4v) is 3.63. The molecule has 1 aliphatic heterocycles. The van der Waals surface area contributed by atoms with Gasteiger partial charge < -0.3 is 4.74 Å². The molecule has 0 saturated carbocycles. The second-order valence-corrected chi connectivity index (χ2v) is 6.21. The first-order chi connectivity index (χ1) is 8.62. The molecule has 2 rings (SSSR count). The fourth-order valence-electron chi connectivity index (χ4n) is 2.57. The zero-order valence-electron chi connectivity index (χ0n) is 11.0. The van der Waals surface area contributed by atoms with Gasteiger partial charge in [-0.2, -0.15) is 5.10 Å². The Balaban J connectivity index is 2.24. The predicted molar refractivity (Wildman–Crippen MR) is 77.2 cm³/mol. The van der Waals surface area contributed by atoms with E-state index in [0.717, 1.165) is 49.1 Å². The van der Waals surface area contributed by atoms with Crippen LogP contribution in [0, 0.1) is 5.41 Å². The average Bonchev–Trinajstić information content (AvgIpc) is 2.67. The summed E-state index contributed by atoms with van der Waals surface area (Å²) in [7, 11) is 2.00. The van der Waals surface area contributed by atoms with Crippen molar-refractivity contribution in [3.63, 3.8) is 0 Å². The first-order valence-corrected chi connectivity index (χ1v) is 7.78.